The lowest BCUT2D eigenvalue weighted by molar-refractivity contribution is 0.185. The summed E-state index contributed by atoms with van der Waals surface area (Å²) in [5.74, 6) is 1.01. The van der Waals surface area contributed by atoms with Crippen molar-refractivity contribution in [3.8, 4) is 0 Å². The van der Waals surface area contributed by atoms with Crippen LogP contribution < -0.4 is 0 Å². The van der Waals surface area contributed by atoms with Gasteiger partial charge in [0.2, 0.25) is 0 Å². The van der Waals surface area contributed by atoms with Crippen LogP contribution in [0.4, 0.5) is 0 Å². The van der Waals surface area contributed by atoms with E-state index < -0.39 is 0 Å². The van der Waals surface area contributed by atoms with E-state index in [1.165, 1.54) is 64.5 Å². The standard InChI is InChI=1S/C14H27NO/c16-12-5-1-4-10-15-11-6-9-14(15)13-7-2-3-8-13/h13-14,16H,1-12H2. The van der Waals surface area contributed by atoms with E-state index in [4.69, 9.17) is 5.11 Å². The van der Waals surface area contributed by atoms with Gasteiger partial charge in [-0.25, -0.2) is 0 Å². The van der Waals surface area contributed by atoms with Gasteiger partial charge < -0.3 is 10.0 Å². The maximum Gasteiger partial charge on any atom is 0.0431 e. The molecule has 2 nitrogen and oxygen atoms in total. The highest BCUT2D eigenvalue weighted by Gasteiger charge is 2.32. The van der Waals surface area contributed by atoms with Gasteiger partial charge in [-0.05, 0) is 64.0 Å². The van der Waals surface area contributed by atoms with E-state index in [-0.39, 0.29) is 0 Å². The molecule has 1 heterocycles. The number of aliphatic hydroxyl groups excluding tert-OH is 1. The fourth-order valence-electron chi connectivity index (χ4n) is 3.61. The molecule has 1 N–H and O–H groups in total. The van der Waals surface area contributed by atoms with E-state index in [1.807, 2.05) is 0 Å². The van der Waals surface area contributed by atoms with Crippen molar-refractivity contribution in [1.29, 1.82) is 0 Å². The van der Waals surface area contributed by atoms with Gasteiger partial charge in [0, 0.05) is 12.6 Å². The number of hydrogen-bond acceptors (Lipinski definition) is 2. The van der Waals surface area contributed by atoms with Crippen LogP contribution in [0.25, 0.3) is 0 Å². The lowest BCUT2D eigenvalue weighted by atomic mass is 9.96. The third-order valence-electron chi connectivity index (χ3n) is 4.46. The summed E-state index contributed by atoms with van der Waals surface area (Å²) in [7, 11) is 0. The summed E-state index contributed by atoms with van der Waals surface area (Å²) < 4.78 is 0. The molecule has 0 aromatic rings. The van der Waals surface area contributed by atoms with Crippen molar-refractivity contribution >= 4 is 0 Å². The molecule has 1 unspecified atom stereocenters. The molecule has 1 aliphatic carbocycles. The molecule has 0 radical (unpaired) electrons. The molecule has 0 aromatic heterocycles. The van der Waals surface area contributed by atoms with Crippen molar-refractivity contribution in [2.45, 2.75) is 63.8 Å². The average molecular weight is 225 g/mol. The van der Waals surface area contributed by atoms with Gasteiger partial charge in [-0.1, -0.05) is 12.8 Å². The van der Waals surface area contributed by atoms with Crippen LogP contribution >= 0.6 is 0 Å². The highest BCUT2D eigenvalue weighted by atomic mass is 16.2. The quantitative estimate of drug-likeness (QED) is 0.703. The Kier molecular flexibility index (Phi) is 5.11. The van der Waals surface area contributed by atoms with Crippen molar-refractivity contribution in [2.24, 2.45) is 5.92 Å². The van der Waals surface area contributed by atoms with Crippen LogP contribution in [-0.2, 0) is 0 Å². The minimum Gasteiger partial charge on any atom is -0.396 e. The summed E-state index contributed by atoms with van der Waals surface area (Å²) in [6, 6.07) is 0.914. The minimum absolute atomic E-state index is 0.367. The third-order valence-corrected chi connectivity index (χ3v) is 4.46. The molecule has 0 aromatic carbocycles. The Morgan fingerprint density at radius 3 is 2.50 bits per heavy atom. The molecular formula is C14H27NO. The van der Waals surface area contributed by atoms with Crippen molar-refractivity contribution in [3.05, 3.63) is 0 Å². The Hall–Kier alpha value is -0.0800. The molecule has 2 heteroatoms. The fourth-order valence-corrected chi connectivity index (χ4v) is 3.61. The van der Waals surface area contributed by atoms with E-state index >= 15 is 0 Å². The number of aliphatic hydroxyl groups is 1. The molecule has 1 saturated carbocycles. The second kappa shape index (κ2) is 6.61. The number of unbranched alkanes of at least 4 members (excludes halogenated alkanes) is 2. The highest BCUT2D eigenvalue weighted by Crippen LogP contribution is 2.35. The predicted molar refractivity (Wildman–Crippen MR) is 67.5 cm³/mol. The maximum absolute atomic E-state index is 8.77. The molecule has 0 bridgehead atoms. The number of likely N-dealkylation sites (tertiary alicyclic amines) is 1. The van der Waals surface area contributed by atoms with Crippen LogP contribution in [0.5, 0.6) is 0 Å². The minimum atomic E-state index is 0.367. The summed E-state index contributed by atoms with van der Waals surface area (Å²) in [5, 5.41) is 8.77. The Morgan fingerprint density at radius 1 is 0.938 bits per heavy atom. The Morgan fingerprint density at radius 2 is 1.75 bits per heavy atom. The van der Waals surface area contributed by atoms with Gasteiger partial charge in [0.05, 0.1) is 0 Å². The summed E-state index contributed by atoms with van der Waals surface area (Å²) in [4.78, 5) is 2.74. The monoisotopic (exact) mass is 225 g/mol. The first-order valence-electron chi connectivity index (χ1n) is 7.26. The van der Waals surface area contributed by atoms with Gasteiger partial charge in [-0.2, -0.15) is 0 Å². The lowest BCUT2D eigenvalue weighted by Crippen LogP contribution is -2.35. The normalized spacial score (nSPS) is 27.9. The maximum atomic E-state index is 8.77. The Balaban J connectivity index is 1.70. The summed E-state index contributed by atoms with van der Waals surface area (Å²) in [6.07, 6.45) is 12.2. The predicted octanol–water partition coefficient (Wildman–Crippen LogP) is 2.80. The molecule has 2 fully saturated rings. The van der Waals surface area contributed by atoms with Gasteiger partial charge in [0.25, 0.3) is 0 Å². The van der Waals surface area contributed by atoms with Gasteiger partial charge in [-0.15, -0.1) is 0 Å². The fraction of sp³-hybridized carbons (Fsp3) is 1.00. The van der Waals surface area contributed by atoms with Crippen molar-refractivity contribution in [1.82, 2.24) is 4.90 Å². The Labute approximate surface area is 100 Å². The average Bonchev–Trinajstić information content (AvgIpc) is 2.94. The van der Waals surface area contributed by atoms with E-state index in [0.717, 1.165) is 18.4 Å². The molecular weight excluding hydrogens is 198 g/mol. The Bertz CT molecular complexity index is 189. The SMILES string of the molecule is OCCCCCN1CCCC1C1CCCC1. The molecule has 2 aliphatic rings. The van der Waals surface area contributed by atoms with Crippen LogP contribution in [0.2, 0.25) is 0 Å². The van der Waals surface area contributed by atoms with Crippen LogP contribution in [-0.4, -0.2) is 35.7 Å². The van der Waals surface area contributed by atoms with Gasteiger partial charge in [-0.3, -0.25) is 0 Å². The van der Waals surface area contributed by atoms with Gasteiger partial charge in [0.15, 0.2) is 0 Å². The van der Waals surface area contributed by atoms with Crippen LogP contribution in [0, 0.1) is 5.92 Å². The van der Waals surface area contributed by atoms with E-state index in [1.54, 1.807) is 0 Å². The molecule has 1 atom stereocenters. The largest absolute Gasteiger partial charge is 0.396 e. The first-order valence-corrected chi connectivity index (χ1v) is 7.26. The lowest BCUT2D eigenvalue weighted by Gasteiger charge is -2.29. The zero-order valence-corrected chi connectivity index (χ0v) is 10.5. The van der Waals surface area contributed by atoms with Gasteiger partial charge in [0.1, 0.15) is 0 Å². The topological polar surface area (TPSA) is 23.5 Å². The number of rotatable bonds is 6. The molecule has 1 saturated heterocycles. The zero-order chi connectivity index (χ0) is 11.2. The summed E-state index contributed by atoms with van der Waals surface area (Å²) in [5.41, 5.74) is 0. The first-order chi connectivity index (χ1) is 7.92. The van der Waals surface area contributed by atoms with Crippen LogP contribution in [0.15, 0.2) is 0 Å². The highest BCUT2D eigenvalue weighted by molar-refractivity contribution is 4.87. The van der Waals surface area contributed by atoms with Crippen molar-refractivity contribution < 1.29 is 5.11 Å². The molecule has 0 spiro atoms. The number of hydrogen-bond donors (Lipinski definition) is 1. The molecule has 1 aliphatic heterocycles. The van der Waals surface area contributed by atoms with Crippen LogP contribution in [0.1, 0.15) is 57.8 Å². The zero-order valence-electron chi connectivity index (χ0n) is 10.5. The summed E-state index contributed by atoms with van der Waals surface area (Å²) >= 11 is 0. The number of nitrogens with zero attached hydrogens (tertiary/aromatic N) is 1. The van der Waals surface area contributed by atoms with E-state index in [9.17, 15) is 0 Å². The third kappa shape index (κ3) is 3.21. The first kappa shape index (κ1) is 12.4. The van der Waals surface area contributed by atoms with E-state index in [2.05, 4.69) is 4.90 Å². The molecule has 16 heavy (non-hydrogen) atoms. The smallest absolute Gasteiger partial charge is 0.0431 e. The van der Waals surface area contributed by atoms with Crippen molar-refractivity contribution in [2.75, 3.05) is 19.7 Å². The van der Waals surface area contributed by atoms with Crippen LogP contribution in [0.3, 0.4) is 0 Å². The second-order valence-corrected chi connectivity index (χ2v) is 5.57. The van der Waals surface area contributed by atoms with Gasteiger partial charge >= 0.3 is 0 Å². The van der Waals surface area contributed by atoms with E-state index in [0.29, 0.717) is 6.61 Å². The molecule has 94 valence electrons. The second-order valence-electron chi connectivity index (χ2n) is 5.57. The molecule has 2 rings (SSSR count). The van der Waals surface area contributed by atoms with Crippen molar-refractivity contribution in [3.63, 3.8) is 0 Å². The molecule has 0 amide bonds. The summed E-state index contributed by atoms with van der Waals surface area (Å²) in [6.45, 7) is 2.98.